The van der Waals surface area contributed by atoms with Gasteiger partial charge in [0, 0.05) is 17.0 Å². The number of carbonyl (C=O) groups is 3. The highest BCUT2D eigenvalue weighted by molar-refractivity contribution is 7.15. The molecule has 1 aromatic heterocycles. The van der Waals surface area contributed by atoms with E-state index in [0.29, 0.717) is 22.7 Å². The minimum absolute atomic E-state index is 0.00589. The Bertz CT molecular complexity index is 912. The van der Waals surface area contributed by atoms with Crippen LogP contribution in [0.15, 0.2) is 29.6 Å². The molecule has 2 aromatic rings. The summed E-state index contributed by atoms with van der Waals surface area (Å²) >= 11 is 1.19. The number of amides is 2. The average Bonchev–Trinajstić information content (AvgIpc) is 3.11. The Labute approximate surface area is 185 Å². The van der Waals surface area contributed by atoms with E-state index in [9.17, 15) is 18.8 Å². The number of ether oxygens (including phenoxy) is 1. The summed E-state index contributed by atoms with van der Waals surface area (Å²) in [5.41, 5.74) is 1.43. The fraction of sp³-hybridized carbons (Fsp3) is 0.409. The lowest BCUT2D eigenvalue weighted by Gasteiger charge is -2.20. The smallest absolute Gasteiger partial charge is 0.341 e. The van der Waals surface area contributed by atoms with Gasteiger partial charge in [0.25, 0.3) is 0 Å². The number of thiophene rings is 1. The maximum atomic E-state index is 13.3. The molecule has 0 fully saturated rings. The van der Waals surface area contributed by atoms with Gasteiger partial charge in [-0.25, -0.2) is 9.18 Å². The first-order valence-corrected chi connectivity index (χ1v) is 11.0. The number of benzene rings is 1. The highest BCUT2D eigenvalue weighted by Crippen LogP contribution is 2.36. The molecule has 0 unspecified atom stereocenters. The zero-order valence-corrected chi connectivity index (χ0v) is 19.0. The predicted octanol–water partition coefficient (Wildman–Crippen LogP) is 3.52. The number of likely N-dealkylation sites (N-methyl/N-ethyl adjacent to an activating group) is 1. The van der Waals surface area contributed by atoms with Crippen LogP contribution >= 0.6 is 11.3 Å². The minimum atomic E-state index is -0.568. The molecule has 2 rings (SSSR count). The van der Waals surface area contributed by atoms with Gasteiger partial charge in [0.2, 0.25) is 11.8 Å². The van der Waals surface area contributed by atoms with Crippen LogP contribution in [0.5, 0.6) is 0 Å². The van der Waals surface area contributed by atoms with Crippen LogP contribution in [0.2, 0.25) is 0 Å². The number of nitrogens with one attached hydrogen (secondary N) is 2. The molecule has 0 aliphatic carbocycles. The number of esters is 1. The summed E-state index contributed by atoms with van der Waals surface area (Å²) in [6.07, 6.45) is 0. The highest BCUT2D eigenvalue weighted by atomic mass is 32.1. The predicted molar refractivity (Wildman–Crippen MR) is 120 cm³/mol. The SMILES string of the molecule is CCOC(=O)c1c(-c2ccc(F)cc2)csc1NC(=O)CN(CC)CC(=O)NC(C)C. The molecule has 7 nitrogen and oxygen atoms in total. The van der Waals surface area contributed by atoms with Gasteiger partial charge < -0.3 is 15.4 Å². The largest absolute Gasteiger partial charge is 0.462 e. The van der Waals surface area contributed by atoms with Crippen molar-refractivity contribution in [1.29, 1.82) is 0 Å². The van der Waals surface area contributed by atoms with Crippen LogP contribution in [0.3, 0.4) is 0 Å². The van der Waals surface area contributed by atoms with E-state index >= 15 is 0 Å². The Hall–Kier alpha value is -2.78. The molecule has 0 atom stereocenters. The fourth-order valence-electron chi connectivity index (χ4n) is 2.92. The van der Waals surface area contributed by atoms with Crippen molar-refractivity contribution < 1.29 is 23.5 Å². The van der Waals surface area contributed by atoms with Crippen LogP contribution < -0.4 is 10.6 Å². The first kappa shape index (κ1) is 24.5. The van der Waals surface area contributed by atoms with Crippen molar-refractivity contribution in [3.05, 3.63) is 41.0 Å². The lowest BCUT2D eigenvalue weighted by molar-refractivity contribution is -0.123. The number of hydrogen-bond acceptors (Lipinski definition) is 6. The maximum Gasteiger partial charge on any atom is 0.341 e. The van der Waals surface area contributed by atoms with Gasteiger partial charge in [-0.1, -0.05) is 19.1 Å². The Kier molecular flexibility index (Phi) is 9.14. The number of halogens is 1. The molecule has 0 aliphatic rings. The van der Waals surface area contributed by atoms with Crippen molar-refractivity contribution in [3.8, 4) is 11.1 Å². The molecule has 2 N–H and O–H groups in total. The molecule has 1 aromatic carbocycles. The molecule has 0 saturated heterocycles. The summed E-state index contributed by atoms with van der Waals surface area (Å²) in [6, 6.07) is 5.77. The number of carbonyl (C=O) groups excluding carboxylic acids is 3. The van der Waals surface area contributed by atoms with Gasteiger partial charge in [-0.15, -0.1) is 11.3 Å². The Morgan fingerprint density at radius 3 is 2.32 bits per heavy atom. The molecular weight excluding hydrogens is 421 g/mol. The van der Waals surface area contributed by atoms with Crippen molar-refractivity contribution in [2.75, 3.05) is 31.6 Å². The van der Waals surface area contributed by atoms with Crippen LogP contribution in [0.25, 0.3) is 11.1 Å². The third-order valence-corrected chi connectivity index (χ3v) is 5.21. The topological polar surface area (TPSA) is 87.7 Å². The van der Waals surface area contributed by atoms with Gasteiger partial charge in [0.15, 0.2) is 0 Å². The van der Waals surface area contributed by atoms with E-state index in [1.165, 1.54) is 23.5 Å². The molecule has 9 heteroatoms. The van der Waals surface area contributed by atoms with E-state index in [0.717, 1.165) is 0 Å². The summed E-state index contributed by atoms with van der Waals surface area (Å²) in [4.78, 5) is 38.9. The first-order valence-electron chi connectivity index (χ1n) is 10.1. The number of nitrogens with zero attached hydrogens (tertiary/aromatic N) is 1. The molecule has 2 amide bonds. The van der Waals surface area contributed by atoms with E-state index < -0.39 is 5.97 Å². The minimum Gasteiger partial charge on any atom is -0.462 e. The summed E-state index contributed by atoms with van der Waals surface area (Å²) in [5.74, 6) is -1.46. The van der Waals surface area contributed by atoms with Gasteiger partial charge >= 0.3 is 5.97 Å². The first-order chi connectivity index (χ1) is 14.7. The second-order valence-electron chi connectivity index (χ2n) is 7.15. The van der Waals surface area contributed by atoms with E-state index in [-0.39, 0.29) is 48.9 Å². The maximum absolute atomic E-state index is 13.3. The standard InChI is InChI=1S/C22H28FN3O4S/c1-5-26(11-18(27)24-14(3)4)12-19(28)25-21-20(22(29)30-6-2)17(13-31-21)15-7-9-16(23)10-8-15/h7-10,13-14H,5-6,11-12H2,1-4H3,(H,24,27)(H,25,28). The van der Waals surface area contributed by atoms with E-state index in [1.807, 2.05) is 20.8 Å². The van der Waals surface area contributed by atoms with Gasteiger partial charge in [-0.3, -0.25) is 14.5 Å². The molecule has 0 saturated carbocycles. The second kappa shape index (κ2) is 11.6. The number of rotatable bonds is 10. The van der Waals surface area contributed by atoms with Gasteiger partial charge in [0.1, 0.15) is 16.4 Å². The Morgan fingerprint density at radius 2 is 1.74 bits per heavy atom. The van der Waals surface area contributed by atoms with Gasteiger partial charge in [0.05, 0.1) is 19.7 Å². The summed E-state index contributed by atoms with van der Waals surface area (Å²) in [6.45, 7) is 8.07. The van der Waals surface area contributed by atoms with Crippen LogP contribution in [-0.4, -0.2) is 55.0 Å². The lowest BCUT2D eigenvalue weighted by Crippen LogP contribution is -2.42. The molecule has 168 valence electrons. The van der Waals surface area contributed by atoms with Crippen molar-refractivity contribution in [2.45, 2.75) is 33.7 Å². The molecule has 0 spiro atoms. The lowest BCUT2D eigenvalue weighted by atomic mass is 10.0. The zero-order valence-electron chi connectivity index (χ0n) is 18.2. The van der Waals surface area contributed by atoms with Crippen LogP contribution in [0.4, 0.5) is 9.39 Å². The molecule has 0 radical (unpaired) electrons. The third-order valence-electron chi connectivity index (χ3n) is 4.31. The Balaban J connectivity index is 2.19. The summed E-state index contributed by atoms with van der Waals surface area (Å²) in [5, 5.41) is 7.63. The van der Waals surface area contributed by atoms with Crippen LogP contribution in [-0.2, 0) is 14.3 Å². The average molecular weight is 450 g/mol. The normalized spacial score (nSPS) is 10.9. The zero-order chi connectivity index (χ0) is 23.0. The van der Waals surface area contributed by atoms with Crippen molar-refractivity contribution >= 4 is 34.1 Å². The van der Waals surface area contributed by atoms with E-state index in [4.69, 9.17) is 4.74 Å². The van der Waals surface area contributed by atoms with Crippen molar-refractivity contribution in [2.24, 2.45) is 0 Å². The highest BCUT2D eigenvalue weighted by Gasteiger charge is 2.23. The fourth-order valence-corrected chi connectivity index (χ4v) is 3.89. The van der Waals surface area contributed by atoms with E-state index in [1.54, 1.807) is 29.3 Å². The molecule has 0 bridgehead atoms. The third kappa shape index (κ3) is 7.15. The van der Waals surface area contributed by atoms with Crippen LogP contribution in [0, 0.1) is 5.82 Å². The second-order valence-corrected chi connectivity index (χ2v) is 8.03. The number of hydrogen-bond donors (Lipinski definition) is 2. The van der Waals surface area contributed by atoms with Gasteiger partial charge in [-0.05, 0) is 45.0 Å². The summed E-state index contributed by atoms with van der Waals surface area (Å²) in [7, 11) is 0. The number of anilines is 1. The molecule has 0 aliphatic heterocycles. The van der Waals surface area contributed by atoms with Crippen molar-refractivity contribution in [1.82, 2.24) is 10.2 Å². The van der Waals surface area contributed by atoms with E-state index in [2.05, 4.69) is 10.6 Å². The molecular formula is C22H28FN3O4S. The molecule has 1 heterocycles. The molecule has 31 heavy (non-hydrogen) atoms. The Morgan fingerprint density at radius 1 is 1.10 bits per heavy atom. The quantitative estimate of drug-likeness (QED) is 0.542. The van der Waals surface area contributed by atoms with Gasteiger partial charge in [-0.2, -0.15) is 0 Å². The summed E-state index contributed by atoms with van der Waals surface area (Å²) < 4.78 is 18.5. The van der Waals surface area contributed by atoms with Crippen LogP contribution in [0.1, 0.15) is 38.1 Å². The van der Waals surface area contributed by atoms with Crippen molar-refractivity contribution in [3.63, 3.8) is 0 Å². The monoisotopic (exact) mass is 449 g/mol.